The maximum absolute atomic E-state index is 13.9. The summed E-state index contributed by atoms with van der Waals surface area (Å²) in [4.78, 5) is 29.2. The number of carbonyl (C=O) groups excluding carboxylic acids is 2. The monoisotopic (exact) mass is 516 g/mol. The van der Waals surface area contributed by atoms with Crippen LogP contribution in [0.4, 0.5) is 0 Å². The third kappa shape index (κ3) is 7.28. The molecule has 0 aliphatic carbocycles. The van der Waals surface area contributed by atoms with Crippen molar-refractivity contribution in [2.24, 2.45) is 0 Å². The highest BCUT2D eigenvalue weighted by Crippen LogP contribution is 2.33. The number of methoxy groups -OCH3 is 1. The molecule has 0 saturated carbocycles. The molecule has 7 heteroatoms. The molecular weight excluding hydrogens is 480 g/mol. The summed E-state index contributed by atoms with van der Waals surface area (Å²) in [5.41, 5.74) is 2.41. The van der Waals surface area contributed by atoms with Crippen molar-refractivity contribution in [1.29, 1.82) is 0 Å². The van der Waals surface area contributed by atoms with E-state index in [1.807, 2.05) is 93.6 Å². The molecule has 0 bridgehead atoms. The lowest BCUT2D eigenvalue weighted by atomic mass is 9.99. The number of hydrogen-bond donors (Lipinski definition) is 1. The minimum Gasteiger partial charge on any atom is -0.497 e. The van der Waals surface area contributed by atoms with Gasteiger partial charge in [-0.05, 0) is 68.1 Å². The Bertz CT molecular complexity index is 1250. The molecule has 1 aliphatic rings. The number of rotatable bonds is 10. The minimum absolute atomic E-state index is 0.101. The summed E-state index contributed by atoms with van der Waals surface area (Å²) in [7, 11) is 1.61. The van der Waals surface area contributed by atoms with Crippen molar-refractivity contribution in [1.82, 2.24) is 10.2 Å². The van der Waals surface area contributed by atoms with E-state index >= 15 is 0 Å². The number of aryl methyl sites for hydroxylation is 1. The number of amides is 2. The quantitative estimate of drug-likeness (QED) is 0.414. The highest BCUT2D eigenvalue weighted by Gasteiger charge is 2.32. The predicted octanol–water partition coefficient (Wildman–Crippen LogP) is 4.91. The third-order valence-corrected chi connectivity index (χ3v) is 6.32. The van der Waals surface area contributed by atoms with Crippen LogP contribution in [-0.2, 0) is 29.0 Å². The van der Waals surface area contributed by atoms with Gasteiger partial charge in [0.1, 0.15) is 11.8 Å². The van der Waals surface area contributed by atoms with Gasteiger partial charge in [0.2, 0.25) is 18.6 Å². The van der Waals surface area contributed by atoms with Gasteiger partial charge in [-0.1, -0.05) is 48.5 Å². The van der Waals surface area contributed by atoms with Gasteiger partial charge in [-0.2, -0.15) is 0 Å². The van der Waals surface area contributed by atoms with Crippen LogP contribution in [0.2, 0.25) is 0 Å². The number of nitrogens with one attached hydrogen (secondary N) is 1. The lowest BCUT2D eigenvalue weighted by Gasteiger charge is -2.34. The molecule has 0 fully saturated rings. The van der Waals surface area contributed by atoms with Crippen LogP contribution in [-0.4, -0.2) is 42.2 Å². The second-order valence-corrected chi connectivity index (χ2v) is 10.5. The summed E-state index contributed by atoms with van der Waals surface area (Å²) in [5.74, 6) is 1.82. The van der Waals surface area contributed by atoms with Crippen LogP contribution in [0.1, 0.15) is 43.9 Å². The van der Waals surface area contributed by atoms with E-state index in [1.165, 1.54) is 0 Å². The lowest BCUT2D eigenvalue weighted by Crippen LogP contribution is -2.54. The second-order valence-electron chi connectivity index (χ2n) is 10.5. The maximum Gasteiger partial charge on any atom is 0.243 e. The first kappa shape index (κ1) is 27.0. The minimum atomic E-state index is -0.688. The maximum atomic E-state index is 13.9. The van der Waals surface area contributed by atoms with E-state index in [-0.39, 0.29) is 31.6 Å². The molecule has 3 aromatic carbocycles. The molecule has 1 unspecified atom stereocenters. The van der Waals surface area contributed by atoms with E-state index in [0.29, 0.717) is 30.1 Å². The zero-order chi connectivity index (χ0) is 27.1. The molecule has 38 heavy (non-hydrogen) atoms. The summed E-state index contributed by atoms with van der Waals surface area (Å²) < 4.78 is 16.3. The SMILES string of the molecule is COc1cccc(CN(C(=O)CCc2ccc3c(c2)OCO3)C(Cc2ccccc2)C(=O)NC(C)(C)C)c1. The van der Waals surface area contributed by atoms with Crippen molar-refractivity contribution >= 4 is 11.8 Å². The largest absolute Gasteiger partial charge is 0.497 e. The van der Waals surface area contributed by atoms with E-state index in [1.54, 1.807) is 12.0 Å². The standard InChI is InChI=1S/C31H36N2O5/c1-31(2,3)32-30(35)26(18-22-9-6-5-7-10-22)33(20-24-11-8-12-25(17-24)36-4)29(34)16-14-23-13-15-27-28(19-23)38-21-37-27/h5-13,15,17,19,26H,14,16,18,20-21H2,1-4H3,(H,32,35). The van der Waals surface area contributed by atoms with E-state index in [0.717, 1.165) is 16.7 Å². The van der Waals surface area contributed by atoms with E-state index in [4.69, 9.17) is 14.2 Å². The Morgan fingerprint density at radius 1 is 0.921 bits per heavy atom. The van der Waals surface area contributed by atoms with Gasteiger partial charge in [0, 0.05) is 24.9 Å². The van der Waals surface area contributed by atoms with Crippen molar-refractivity contribution in [3.05, 3.63) is 89.5 Å². The number of fused-ring (bicyclic) bond motifs is 1. The second kappa shape index (κ2) is 12.0. The summed E-state index contributed by atoms with van der Waals surface area (Å²) in [6.45, 7) is 6.32. The van der Waals surface area contributed by atoms with Crippen molar-refractivity contribution in [2.45, 2.75) is 58.2 Å². The first-order valence-electron chi connectivity index (χ1n) is 12.9. The molecule has 1 N–H and O–H groups in total. The number of benzene rings is 3. The van der Waals surface area contributed by atoms with Gasteiger partial charge < -0.3 is 24.4 Å². The van der Waals surface area contributed by atoms with Gasteiger partial charge in [0.05, 0.1) is 7.11 Å². The average molecular weight is 517 g/mol. The molecular formula is C31H36N2O5. The number of ether oxygens (including phenoxy) is 3. The van der Waals surface area contributed by atoms with E-state index in [9.17, 15) is 9.59 Å². The molecule has 0 radical (unpaired) electrons. The van der Waals surface area contributed by atoms with Crippen LogP contribution in [0.3, 0.4) is 0 Å². The zero-order valence-electron chi connectivity index (χ0n) is 22.5. The topological polar surface area (TPSA) is 77.1 Å². The van der Waals surface area contributed by atoms with Crippen LogP contribution in [0.15, 0.2) is 72.8 Å². The molecule has 7 nitrogen and oxygen atoms in total. The first-order chi connectivity index (χ1) is 18.2. The van der Waals surface area contributed by atoms with Crippen molar-refractivity contribution in [3.8, 4) is 17.2 Å². The predicted molar refractivity (Wildman–Crippen MR) is 146 cm³/mol. The fourth-order valence-corrected chi connectivity index (χ4v) is 4.47. The summed E-state index contributed by atoms with van der Waals surface area (Å²) in [6, 6.07) is 22.4. The average Bonchev–Trinajstić information content (AvgIpc) is 3.37. The van der Waals surface area contributed by atoms with Crippen LogP contribution in [0.5, 0.6) is 17.2 Å². The molecule has 0 saturated heterocycles. The number of carbonyl (C=O) groups is 2. The Kier molecular flexibility index (Phi) is 8.56. The van der Waals surface area contributed by atoms with Crippen LogP contribution < -0.4 is 19.5 Å². The van der Waals surface area contributed by atoms with Gasteiger partial charge in [-0.25, -0.2) is 0 Å². The highest BCUT2D eigenvalue weighted by atomic mass is 16.7. The molecule has 0 spiro atoms. The molecule has 2 amide bonds. The smallest absolute Gasteiger partial charge is 0.243 e. The highest BCUT2D eigenvalue weighted by molar-refractivity contribution is 5.88. The third-order valence-electron chi connectivity index (χ3n) is 6.32. The van der Waals surface area contributed by atoms with Crippen molar-refractivity contribution < 1.29 is 23.8 Å². The molecule has 1 heterocycles. The number of hydrogen-bond acceptors (Lipinski definition) is 5. The zero-order valence-corrected chi connectivity index (χ0v) is 22.5. The van der Waals surface area contributed by atoms with Gasteiger partial charge >= 0.3 is 0 Å². The van der Waals surface area contributed by atoms with Crippen LogP contribution >= 0.6 is 0 Å². The van der Waals surface area contributed by atoms with E-state index < -0.39 is 11.6 Å². The summed E-state index contributed by atoms with van der Waals surface area (Å²) in [5, 5.41) is 3.10. The van der Waals surface area contributed by atoms with Gasteiger partial charge in [0.25, 0.3) is 0 Å². The van der Waals surface area contributed by atoms with E-state index in [2.05, 4.69) is 5.32 Å². The summed E-state index contributed by atoms with van der Waals surface area (Å²) >= 11 is 0. The van der Waals surface area contributed by atoms with Crippen molar-refractivity contribution in [3.63, 3.8) is 0 Å². The van der Waals surface area contributed by atoms with Crippen LogP contribution in [0.25, 0.3) is 0 Å². The first-order valence-corrected chi connectivity index (χ1v) is 12.9. The van der Waals surface area contributed by atoms with Crippen molar-refractivity contribution in [2.75, 3.05) is 13.9 Å². The Morgan fingerprint density at radius 3 is 2.39 bits per heavy atom. The molecule has 1 atom stereocenters. The van der Waals surface area contributed by atoms with Gasteiger partial charge in [-0.3, -0.25) is 9.59 Å². The lowest BCUT2D eigenvalue weighted by molar-refractivity contribution is -0.141. The molecule has 4 rings (SSSR count). The van der Waals surface area contributed by atoms with Gasteiger partial charge in [-0.15, -0.1) is 0 Å². The Balaban J connectivity index is 1.62. The molecule has 0 aromatic heterocycles. The fourth-order valence-electron chi connectivity index (χ4n) is 4.47. The van der Waals surface area contributed by atoms with Crippen LogP contribution in [0, 0.1) is 0 Å². The number of nitrogens with zero attached hydrogens (tertiary/aromatic N) is 1. The fraction of sp³-hybridized carbons (Fsp3) is 0.355. The molecule has 3 aromatic rings. The Morgan fingerprint density at radius 2 is 1.66 bits per heavy atom. The van der Waals surface area contributed by atoms with Gasteiger partial charge in [0.15, 0.2) is 11.5 Å². The normalized spacial score (nSPS) is 13.1. The summed E-state index contributed by atoms with van der Waals surface area (Å²) in [6.07, 6.45) is 1.17. The Labute approximate surface area is 224 Å². The molecule has 1 aliphatic heterocycles. The molecule has 200 valence electrons. The Hall–Kier alpha value is -4.00.